The van der Waals surface area contributed by atoms with Crippen LogP contribution in [0.4, 0.5) is 21.6 Å². The van der Waals surface area contributed by atoms with Crippen LogP contribution in [0.5, 0.6) is 0 Å². The van der Waals surface area contributed by atoms with Crippen molar-refractivity contribution in [2.24, 2.45) is 0 Å². The molecule has 2 aromatic rings. The van der Waals surface area contributed by atoms with Crippen LogP contribution in [0.15, 0.2) is 30.5 Å². The molecule has 31 heavy (non-hydrogen) atoms. The number of nitrogens with zero attached hydrogens (tertiary/aromatic N) is 4. The largest absolute Gasteiger partial charge is 0.360 e. The number of halogens is 1. The number of hydrogen-bond donors (Lipinski definition) is 0. The molecule has 2 aliphatic rings. The third-order valence-corrected chi connectivity index (χ3v) is 5.94. The van der Waals surface area contributed by atoms with Gasteiger partial charge in [-0.1, -0.05) is 6.57 Å². The molecule has 0 radical (unpaired) electrons. The van der Waals surface area contributed by atoms with Crippen LogP contribution in [0, 0.1) is 19.3 Å². The summed E-state index contributed by atoms with van der Waals surface area (Å²) in [5.74, 6) is -1.81. The summed E-state index contributed by atoms with van der Waals surface area (Å²) in [4.78, 5) is 46.1. The maximum Gasteiger partial charge on any atom is 0.272 e. The standard InChI is InChI=1S/C21H15FN4O3S.W/c1-12-8-14(10-24-18(12)23-2)25-19(29)21(6-3-7-21)26(20(25)30)13-4-5-15(16(22)9-13)17(28)11-27;/h4-5,8-11H,3,6-7H2,1H3;. The Labute approximate surface area is 197 Å². The summed E-state index contributed by atoms with van der Waals surface area (Å²) in [6.07, 6.45) is 3.39. The smallest absolute Gasteiger partial charge is 0.272 e. The summed E-state index contributed by atoms with van der Waals surface area (Å²) in [6, 6.07) is 5.49. The Morgan fingerprint density at radius 3 is 2.55 bits per heavy atom. The Morgan fingerprint density at radius 2 is 2.03 bits per heavy atom. The van der Waals surface area contributed by atoms with Crippen molar-refractivity contribution in [3.8, 4) is 0 Å². The van der Waals surface area contributed by atoms with Crippen molar-refractivity contribution < 1.29 is 39.8 Å². The predicted octanol–water partition coefficient (Wildman–Crippen LogP) is 3.52. The molecule has 2 heterocycles. The molecular weight excluding hydrogens is 591 g/mol. The van der Waals surface area contributed by atoms with Gasteiger partial charge in [0.25, 0.3) is 11.7 Å². The fraction of sp³-hybridized carbons (Fsp3) is 0.238. The second kappa shape index (κ2) is 8.37. The van der Waals surface area contributed by atoms with Gasteiger partial charge < -0.3 is 9.74 Å². The van der Waals surface area contributed by atoms with E-state index >= 15 is 0 Å². The number of aryl methyl sites for hydroxylation is 1. The third-order valence-electron chi connectivity index (χ3n) is 5.58. The average Bonchev–Trinajstić information content (AvgIpc) is 2.94. The van der Waals surface area contributed by atoms with Crippen LogP contribution in [0.2, 0.25) is 0 Å². The van der Waals surface area contributed by atoms with Crippen LogP contribution >= 0.6 is 12.2 Å². The van der Waals surface area contributed by atoms with Gasteiger partial charge in [-0.3, -0.25) is 19.3 Å². The van der Waals surface area contributed by atoms with Gasteiger partial charge in [0.15, 0.2) is 11.4 Å². The summed E-state index contributed by atoms with van der Waals surface area (Å²) in [5, 5.41) is 0.172. The molecule has 1 saturated heterocycles. The second-order valence-electron chi connectivity index (χ2n) is 7.24. The van der Waals surface area contributed by atoms with E-state index in [9.17, 15) is 18.8 Å². The molecule has 2 fully saturated rings. The van der Waals surface area contributed by atoms with E-state index < -0.39 is 17.1 Å². The van der Waals surface area contributed by atoms with E-state index in [1.807, 2.05) is 0 Å². The topological polar surface area (TPSA) is 74.9 Å². The summed E-state index contributed by atoms with van der Waals surface area (Å²) < 4.78 is 14.5. The maximum atomic E-state index is 14.5. The minimum Gasteiger partial charge on any atom is -0.360 e. The monoisotopic (exact) mass is 606 g/mol. The van der Waals surface area contributed by atoms with E-state index in [-0.39, 0.29) is 49.8 Å². The summed E-state index contributed by atoms with van der Waals surface area (Å²) in [5.41, 5.74) is 0.127. The van der Waals surface area contributed by atoms with E-state index in [0.717, 1.165) is 12.5 Å². The van der Waals surface area contributed by atoms with Gasteiger partial charge in [-0.25, -0.2) is 4.39 Å². The number of amides is 1. The molecule has 4 rings (SSSR count). The van der Waals surface area contributed by atoms with Gasteiger partial charge in [-0.05, 0) is 68.2 Å². The van der Waals surface area contributed by atoms with Crippen molar-refractivity contribution in [1.29, 1.82) is 0 Å². The molecule has 1 aromatic heterocycles. The first kappa shape index (κ1) is 22.9. The first-order valence-corrected chi connectivity index (χ1v) is 9.57. The summed E-state index contributed by atoms with van der Waals surface area (Å²) in [7, 11) is 0. The molecule has 1 saturated carbocycles. The van der Waals surface area contributed by atoms with E-state index in [4.69, 9.17) is 18.8 Å². The fourth-order valence-corrected chi connectivity index (χ4v) is 4.38. The number of carbonyl (C=O) groups excluding carboxylic acids is 3. The van der Waals surface area contributed by atoms with Crippen LogP contribution in [0.1, 0.15) is 35.2 Å². The Hall–Kier alpha value is -2.82. The van der Waals surface area contributed by atoms with Gasteiger partial charge in [0.05, 0.1) is 11.3 Å². The van der Waals surface area contributed by atoms with Crippen LogP contribution in [-0.4, -0.2) is 33.6 Å². The number of aldehydes is 1. The normalized spacial score (nSPS) is 16.5. The Morgan fingerprint density at radius 1 is 1.32 bits per heavy atom. The number of ketones is 1. The molecule has 1 amide bonds. The van der Waals surface area contributed by atoms with Crippen LogP contribution < -0.4 is 9.80 Å². The summed E-state index contributed by atoms with van der Waals surface area (Å²) >= 11 is 5.60. The number of thiocarbonyl (C=S) groups is 1. The number of Topliss-reactive ketones (excluding diaryl/α,β-unsaturated/α-hetero) is 1. The van der Waals surface area contributed by atoms with Gasteiger partial charge in [0.1, 0.15) is 17.6 Å². The predicted molar refractivity (Wildman–Crippen MR) is 111 cm³/mol. The first-order chi connectivity index (χ1) is 14.3. The first-order valence-electron chi connectivity index (χ1n) is 9.16. The van der Waals surface area contributed by atoms with E-state index in [0.29, 0.717) is 29.8 Å². The zero-order chi connectivity index (χ0) is 21.6. The number of anilines is 2. The van der Waals surface area contributed by atoms with Gasteiger partial charge in [0, 0.05) is 26.8 Å². The molecule has 156 valence electrons. The van der Waals surface area contributed by atoms with E-state index in [1.165, 1.54) is 23.2 Å². The molecule has 1 aliphatic carbocycles. The molecule has 1 spiro atoms. The number of rotatable bonds is 4. The Bertz CT molecular complexity index is 1180. The molecule has 1 aliphatic heterocycles. The maximum absolute atomic E-state index is 14.5. The SMILES string of the molecule is [C-]#[N+]c1ncc(N2C(=O)C3(CCC3)N(c3ccc(C(=O)C=O)c(F)c3)C2=S)cc1C.[W]. The summed E-state index contributed by atoms with van der Waals surface area (Å²) in [6.45, 7) is 8.86. The number of carbonyl (C=O) groups is 3. The number of hydrogen-bond acceptors (Lipinski definition) is 5. The van der Waals surface area contributed by atoms with Crippen molar-refractivity contribution in [3.63, 3.8) is 0 Å². The number of aromatic nitrogens is 1. The minimum absolute atomic E-state index is 0. The third kappa shape index (κ3) is 3.40. The van der Waals surface area contributed by atoms with Gasteiger partial charge in [-0.2, -0.15) is 0 Å². The molecule has 0 bridgehead atoms. The molecule has 0 N–H and O–H groups in total. The Kier molecular flexibility index (Phi) is 6.17. The molecule has 10 heteroatoms. The van der Waals surface area contributed by atoms with Crippen molar-refractivity contribution in [2.75, 3.05) is 9.80 Å². The van der Waals surface area contributed by atoms with Crippen molar-refractivity contribution in [3.05, 3.63) is 58.8 Å². The van der Waals surface area contributed by atoms with Gasteiger partial charge in [0.2, 0.25) is 5.78 Å². The molecule has 0 atom stereocenters. The van der Waals surface area contributed by atoms with Crippen LogP contribution in [-0.2, 0) is 30.7 Å². The zero-order valence-corrected chi connectivity index (χ0v) is 20.0. The van der Waals surface area contributed by atoms with Crippen LogP contribution in [0.3, 0.4) is 0 Å². The van der Waals surface area contributed by atoms with E-state index in [1.54, 1.807) is 17.9 Å². The molecule has 7 nitrogen and oxygen atoms in total. The molecule has 1 aromatic carbocycles. The van der Waals surface area contributed by atoms with Crippen molar-refractivity contribution in [2.45, 2.75) is 31.7 Å². The number of pyridine rings is 1. The van der Waals surface area contributed by atoms with E-state index in [2.05, 4.69) is 9.83 Å². The number of benzene rings is 1. The fourth-order valence-electron chi connectivity index (χ4n) is 3.91. The molecular formula is C21H15FN4O3SW. The average molecular weight is 606 g/mol. The van der Waals surface area contributed by atoms with Crippen molar-refractivity contribution >= 4 is 52.5 Å². The second-order valence-corrected chi connectivity index (χ2v) is 7.60. The van der Waals surface area contributed by atoms with Gasteiger partial charge >= 0.3 is 0 Å². The zero-order valence-electron chi connectivity index (χ0n) is 16.3. The van der Waals surface area contributed by atoms with Crippen molar-refractivity contribution in [1.82, 2.24) is 4.98 Å². The van der Waals surface area contributed by atoms with Crippen LogP contribution in [0.25, 0.3) is 4.85 Å². The van der Waals surface area contributed by atoms with Gasteiger partial charge in [-0.15, -0.1) is 4.98 Å². The minimum atomic E-state index is -0.958. The molecule has 0 unspecified atom stereocenters. The Balaban J connectivity index is 0.00000272. The quantitative estimate of drug-likeness (QED) is 0.175.